The Morgan fingerprint density at radius 1 is 0.887 bits per heavy atom. The quantitative estimate of drug-likeness (QED) is 0.0783. The summed E-state index contributed by atoms with van der Waals surface area (Å²) in [4.78, 5) is 77.2. The van der Waals surface area contributed by atoms with E-state index >= 15 is 0 Å². The highest BCUT2D eigenvalue weighted by atomic mass is 19.1. The fourth-order valence-electron chi connectivity index (χ4n) is 7.78. The fraction of sp³-hybridized carbons (Fsp3) is 0.349. The summed E-state index contributed by atoms with van der Waals surface area (Å²) < 4.78 is 31.4. The maximum Gasteiger partial charge on any atom is 0.264 e. The Balaban J connectivity index is 0.706. The number of imide groups is 2. The average Bonchev–Trinajstić information content (AvgIpc) is 3.82. The van der Waals surface area contributed by atoms with Crippen LogP contribution in [0.4, 0.5) is 15.8 Å². The molecule has 62 heavy (non-hydrogen) atoms. The fourth-order valence-corrected chi connectivity index (χ4v) is 7.78. The molecule has 0 saturated carbocycles. The second kappa shape index (κ2) is 18.8. The van der Waals surface area contributed by atoms with Crippen LogP contribution in [-0.4, -0.2) is 145 Å². The van der Waals surface area contributed by atoms with E-state index in [1.165, 1.54) is 13.2 Å². The number of aromatic nitrogens is 4. The molecule has 0 bridgehead atoms. The van der Waals surface area contributed by atoms with Crippen LogP contribution in [0.3, 0.4) is 0 Å². The third-order valence-corrected chi connectivity index (χ3v) is 10.9. The van der Waals surface area contributed by atoms with E-state index in [4.69, 9.17) is 14.2 Å². The van der Waals surface area contributed by atoms with E-state index in [0.29, 0.717) is 67.7 Å². The third kappa shape index (κ3) is 8.95. The molecule has 2 aromatic heterocycles. The van der Waals surface area contributed by atoms with Crippen molar-refractivity contribution in [3.8, 4) is 28.4 Å². The van der Waals surface area contributed by atoms with Crippen molar-refractivity contribution in [2.24, 2.45) is 0 Å². The van der Waals surface area contributed by atoms with Crippen molar-refractivity contribution in [3.05, 3.63) is 83.8 Å². The van der Waals surface area contributed by atoms with E-state index in [1.54, 1.807) is 36.5 Å². The van der Waals surface area contributed by atoms with E-state index in [9.17, 15) is 28.4 Å². The highest BCUT2D eigenvalue weighted by molar-refractivity contribution is 6.25. The first-order chi connectivity index (χ1) is 30.2. The largest absolute Gasteiger partial charge is 0.496 e. The van der Waals surface area contributed by atoms with Gasteiger partial charge in [-0.1, -0.05) is 24.3 Å². The second-order valence-electron chi connectivity index (χ2n) is 14.8. The number of benzene rings is 3. The number of methoxy groups -OCH3 is 1. The molecule has 2 saturated heterocycles. The number of carbonyl (C=O) groups excluding carboxylic acids is 5. The van der Waals surface area contributed by atoms with Gasteiger partial charge in [-0.2, -0.15) is 5.10 Å². The van der Waals surface area contributed by atoms with Crippen LogP contribution in [0.1, 0.15) is 33.6 Å². The minimum atomic E-state index is -1.03. The van der Waals surface area contributed by atoms with Gasteiger partial charge in [-0.3, -0.25) is 44.2 Å². The summed E-state index contributed by atoms with van der Waals surface area (Å²) in [5.41, 5.74) is 4.76. The van der Waals surface area contributed by atoms with Crippen molar-refractivity contribution >= 4 is 51.9 Å². The Hall–Kier alpha value is -6.83. The molecule has 3 aliphatic heterocycles. The number of aromatic amines is 1. The lowest BCUT2D eigenvalue weighted by Crippen LogP contribution is -2.54. The third-order valence-electron chi connectivity index (χ3n) is 10.9. The molecule has 0 radical (unpaired) electrons. The average molecular weight is 849 g/mol. The number of halogens is 1. The van der Waals surface area contributed by atoms with E-state index in [0.717, 1.165) is 42.3 Å². The summed E-state index contributed by atoms with van der Waals surface area (Å²) in [6.07, 6.45) is 1.73. The number of hydrogen-bond acceptors (Lipinski definition) is 14. The topological polar surface area (TPSA) is 213 Å². The highest BCUT2D eigenvalue weighted by Gasteiger charge is 2.45. The highest BCUT2D eigenvalue weighted by Crippen LogP contribution is 2.34. The number of amides is 5. The number of H-pyrrole nitrogens is 1. The monoisotopic (exact) mass is 848 g/mol. The van der Waals surface area contributed by atoms with Crippen LogP contribution in [0, 0.1) is 5.82 Å². The van der Waals surface area contributed by atoms with Crippen LogP contribution in [0.25, 0.3) is 33.7 Å². The number of nitrogens with zero attached hydrogens (tertiary/aromatic N) is 6. The first kappa shape index (κ1) is 41.9. The van der Waals surface area contributed by atoms with Crippen LogP contribution in [0.15, 0.2) is 66.9 Å². The molecule has 8 rings (SSSR count). The molecule has 2 fully saturated rings. The maximum absolute atomic E-state index is 14.8. The van der Waals surface area contributed by atoms with Crippen molar-refractivity contribution < 1.29 is 42.6 Å². The molecule has 19 heteroatoms. The lowest BCUT2D eigenvalue weighted by Gasteiger charge is -2.35. The predicted molar refractivity (Wildman–Crippen MR) is 224 cm³/mol. The van der Waals surface area contributed by atoms with Crippen molar-refractivity contribution in [1.29, 1.82) is 0 Å². The molecule has 5 heterocycles. The van der Waals surface area contributed by atoms with Gasteiger partial charge in [0.15, 0.2) is 5.82 Å². The van der Waals surface area contributed by atoms with Gasteiger partial charge in [0.05, 0.1) is 63.0 Å². The van der Waals surface area contributed by atoms with Gasteiger partial charge < -0.3 is 29.7 Å². The Morgan fingerprint density at radius 3 is 2.40 bits per heavy atom. The van der Waals surface area contributed by atoms with Gasteiger partial charge in [-0.15, -0.1) is 0 Å². The Labute approximate surface area is 355 Å². The number of rotatable bonds is 17. The van der Waals surface area contributed by atoms with Gasteiger partial charge in [0.2, 0.25) is 17.7 Å². The number of nitrogens with one attached hydrogen (secondary N) is 4. The van der Waals surface area contributed by atoms with Crippen molar-refractivity contribution in [1.82, 2.24) is 40.6 Å². The molecule has 1 unspecified atom stereocenters. The molecule has 3 aliphatic rings. The Kier molecular flexibility index (Phi) is 12.7. The van der Waals surface area contributed by atoms with Gasteiger partial charge >= 0.3 is 0 Å². The van der Waals surface area contributed by atoms with E-state index in [1.807, 2.05) is 24.3 Å². The van der Waals surface area contributed by atoms with Gasteiger partial charge in [0, 0.05) is 62.6 Å². The van der Waals surface area contributed by atoms with E-state index in [-0.39, 0.29) is 47.8 Å². The second-order valence-corrected chi connectivity index (χ2v) is 14.8. The van der Waals surface area contributed by atoms with Crippen LogP contribution in [0.2, 0.25) is 0 Å². The number of ether oxygens (including phenoxy) is 3. The number of anilines is 2. The molecule has 3 aromatic carbocycles. The van der Waals surface area contributed by atoms with Crippen LogP contribution in [0.5, 0.6) is 5.75 Å². The zero-order valence-electron chi connectivity index (χ0n) is 33.9. The number of piperidine rings is 1. The zero-order valence-corrected chi connectivity index (χ0v) is 33.9. The van der Waals surface area contributed by atoms with Crippen LogP contribution >= 0.6 is 0 Å². The predicted octanol–water partition coefficient (Wildman–Crippen LogP) is 2.62. The van der Waals surface area contributed by atoms with Gasteiger partial charge in [0.1, 0.15) is 34.3 Å². The normalized spacial score (nSPS) is 16.8. The molecule has 1 atom stereocenters. The number of hydrogen-bond donors (Lipinski definition) is 4. The molecule has 5 amide bonds. The van der Waals surface area contributed by atoms with Crippen molar-refractivity contribution in [2.75, 3.05) is 89.6 Å². The number of fused-ring (bicyclic) bond motifs is 2. The first-order valence-electron chi connectivity index (χ1n) is 20.3. The minimum Gasteiger partial charge on any atom is -0.496 e. The molecule has 322 valence electrons. The SMILES string of the molecule is COc1cccc(F)c1-c1ncc2[nH]nc(-c3ccc(N4CCN(CC(=O)NCCOCCOCCNc5cccc6c5C(=O)N(C5CCC(=O)NC5=O)C6=O)CC4)cc3)c2n1. The molecule has 0 aliphatic carbocycles. The number of piperazine rings is 1. The summed E-state index contributed by atoms with van der Waals surface area (Å²) in [7, 11) is 1.48. The van der Waals surface area contributed by atoms with E-state index in [2.05, 4.69) is 45.9 Å². The standard InChI is InChI=1S/C43H45FN10O8/c1-60-33-7-3-5-29(44)37(33)40-47-24-31-39(49-40)38(51-50-31)26-8-10-27(11-9-26)53-18-16-52(17-19-53)25-35(56)46-15-21-62-23-22-61-20-14-45-30-6-2-4-28-36(30)43(59)54(42(28)58)32-12-13-34(55)48-41(32)57/h2-11,24,32,45H,12-23,25H2,1H3,(H,46,56)(H,50,51)(H,48,55,57). The van der Waals surface area contributed by atoms with Crippen molar-refractivity contribution in [3.63, 3.8) is 0 Å². The lowest BCUT2D eigenvalue weighted by atomic mass is 10.0. The van der Waals surface area contributed by atoms with E-state index < -0.39 is 35.5 Å². The first-order valence-corrected chi connectivity index (χ1v) is 20.3. The Bertz CT molecular complexity index is 2490. The molecule has 5 aromatic rings. The van der Waals surface area contributed by atoms with Gasteiger partial charge in [-0.25, -0.2) is 14.4 Å². The Morgan fingerprint density at radius 2 is 1.65 bits per heavy atom. The van der Waals surface area contributed by atoms with Gasteiger partial charge in [0.25, 0.3) is 11.8 Å². The smallest absolute Gasteiger partial charge is 0.264 e. The summed E-state index contributed by atoms with van der Waals surface area (Å²) in [6, 6.07) is 16.5. The summed E-state index contributed by atoms with van der Waals surface area (Å²) in [5, 5.41) is 15.7. The molecule has 4 N–H and O–H groups in total. The lowest BCUT2D eigenvalue weighted by molar-refractivity contribution is -0.136. The zero-order chi connectivity index (χ0) is 43.2. The van der Waals surface area contributed by atoms with Crippen LogP contribution in [-0.2, 0) is 23.9 Å². The summed E-state index contributed by atoms with van der Waals surface area (Å²) in [5.74, 6) is -2.23. The molecule has 0 spiro atoms. The van der Waals surface area contributed by atoms with Gasteiger partial charge in [-0.05, 0) is 42.8 Å². The minimum absolute atomic E-state index is 0.0514. The number of carbonyl (C=O) groups is 5. The molecular formula is C43H45FN10O8. The molecular weight excluding hydrogens is 804 g/mol. The van der Waals surface area contributed by atoms with Crippen molar-refractivity contribution in [2.45, 2.75) is 18.9 Å². The summed E-state index contributed by atoms with van der Waals surface area (Å²) in [6.45, 7) is 5.24. The molecule has 18 nitrogen and oxygen atoms in total. The maximum atomic E-state index is 14.8. The van der Waals surface area contributed by atoms with Crippen LogP contribution < -0.4 is 25.6 Å². The summed E-state index contributed by atoms with van der Waals surface area (Å²) >= 11 is 0.